The van der Waals surface area contributed by atoms with Gasteiger partial charge in [-0.2, -0.15) is 13.2 Å². The summed E-state index contributed by atoms with van der Waals surface area (Å²) in [7, 11) is 3.07. The van der Waals surface area contributed by atoms with Crippen molar-refractivity contribution in [3.05, 3.63) is 59.7 Å². The van der Waals surface area contributed by atoms with E-state index in [1.165, 1.54) is 18.7 Å². The smallest absolute Gasteiger partial charge is 0.422 e. The highest BCUT2D eigenvalue weighted by molar-refractivity contribution is 14.0. The number of hydrogen-bond donors (Lipinski definition) is 2. The van der Waals surface area contributed by atoms with Crippen LogP contribution >= 0.6 is 24.0 Å². The van der Waals surface area contributed by atoms with Crippen molar-refractivity contribution in [2.45, 2.75) is 25.6 Å². The molecule has 0 amide bonds. The Morgan fingerprint density at radius 2 is 1.77 bits per heavy atom. The first kappa shape index (κ1) is 25.9. The Hall–Kier alpha value is -2.17. The molecule has 1 atom stereocenters. The van der Waals surface area contributed by atoms with E-state index in [-0.39, 0.29) is 35.5 Å². The first-order valence-electron chi connectivity index (χ1n) is 9.18. The van der Waals surface area contributed by atoms with E-state index in [1.807, 2.05) is 18.2 Å². The molecule has 0 heterocycles. The molecule has 9 heteroatoms. The molecule has 2 aromatic carbocycles. The Morgan fingerprint density at radius 1 is 1.07 bits per heavy atom. The zero-order valence-corrected chi connectivity index (χ0v) is 19.5. The summed E-state index contributed by atoms with van der Waals surface area (Å²) < 4.78 is 47.0. The summed E-state index contributed by atoms with van der Waals surface area (Å²) in [6.45, 7) is 1.89. The fourth-order valence-electron chi connectivity index (χ4n) is 2.66. The summed E-state index contributed by atoms with van der Waals surface area (Å²) >= 11 is 0. The van der Waals surface area contributed by atoms with Crippen LogP contribution in [0.25, 0.3) is 0 Å². The van der Waals surface area contributed by atoms with E-state index in [4.69, 9.17) is 9.47 Å². The van der Waals surface area contributed by atoms with Crippen LogP contribution in [-0.4, -0.2) is 39.4 Å². The number of nitrogens with one attached hydrogen (secondary N) is 2. The van der Waals surface area contributed by atoms with Gasteiger partial charge >= 0.3 is 6.18 Å². The molecule has 0 radical (unpaired) electrons. The Balaban J connectivity index is 0.00000450. The molecule has 30 heavy (non-hydrogen) atoms. The number of guanidine groups is 1. The number of alkyl halides is 3. The minimum atomic E-state index is -4.40. The van der Waals surface area contributed by atoms with Crippen molar-refractivity contribution in [2.75, 3.05) is 27.3 Å². The molecule has 0 saturated carbocycles. The van der Waals surface area contributed by atoms with Crippen LogP contribution in [0.2, 0.25) is 0 Å². The van der Waals surface area contributed by atoms with Crippen LogP contribution in [-0.2, 0) is 6.54 Å². The molecule has 0 bridgehead atoms. The van der Waals surface area contributed by atoms with Crippen LogP contribution in [0.4, 0.5) is 13.2 Å². The molecule has 0 aliphatic carbocycles. The van der Waals surface area contributed by atoms with Crippen LogP contribution in [0.1, 0.15) is 24.0 Å². The number of nitrogens with zero attached hydrogens (tertiary/aromatic N) is 1. The minimum Gasteiger partial charge on any atom is -0.493 e. The van der Waals surface area contributed by atoms with Gasteiger partial charge in [0.1, 0.15) is 0 Å². The third kappa shape index (κ3) is 8.68. The van der Waals surface area contributed by atoms with Gasteiger partial charge in [-0.05, 0) is 29.2 Å². The summed E-state index contributed by atoms with van der Waals surface area (Å²) in [5.41, 5.74) is 2.05. The molecule has 2 aromatic rings. The van der Waals surface area contributed by atoms with Gasteiger partial charge in [0.25, 0.3) is 0 Å². The lowest BCUT2D eigenvalue weighted by atomic mass is 10.0. The molecule has 1 unspecified atom stereocenters. The van der Waals surface area contributed by atoms with Gasteiger partial charge < -0.3 is 20.1 Å². The van der Waals surface area contributed by atoms with Gasteiger partial charge in [-0.15, -0.1) is 24.0 Å². The van der Waals surface area contributed by atoms with E-state index in [9.17, 15) is 13.2 Å². The first-order chi connectivity index (χ1) is 13.8. The molecule has 2 rings (SSSR count). The lowest BCUT2D eigenvalue weighted by molar-refractivity contribution is -0.153. The lowest BCUT2D eigenvalue weighted by Gasteiger charge is -2.17. The Morgan fingerprint density at radius 3 is 2.37 bits per heavy atom. The van der Waals surface area contributed by atoms with Crippen LogP contribution in [0.3, 0.4) is 0 Å². The zero-order valence-electron chi connectivity index (χ0n) is 17.1. The van der Waals surface area contributed by atoms with Gasteiger partial charge in [0.2, 0.25) is 0 Å². The molecular formula is C21H27F3IN3O2. The van der Waals surface area contributed by atoms with Crippen LogP contribution in [0.15, 0.2) is 53.5 Å². The van der Waals surface area contributed by atoms with E-state index in [2.05, 4.69) is 34.7 Å². The highest BCUT2D eigenvalue weighted by atomic mass is 127. The third-order valence-electron chi connectivity index (χ3n) is 4.25. The second-order valence-corrected chi connectivity index (χ2v) is 6.51. The Kier molecular flexibility index (Phi) is 10.8. The normalized spacial score (nSPS) is 12.5. The predicted octanol–water partition coefficient (Wildman–Crippen LogP) is 4.72. The maximum absolute atomic E-state index is 12.3. The van der Waals surface area contributed by atoms with Crippen LogP contribution in [0.5, 0.6) is 11.5 Å². The molecule has 2 N–H and O–H groups in total. The maximum atomic E-state index is 12.3. The lowest BCUT2D eigenvalue weighted by Crippen LogP contribution is -2.38. The largest absolute Gasteiger partial charge is 0.493 e. The van der Waals surface area contributed by atoms with E-state index in [1.54, 1.807) is 19.2 Å². The fraction of sp³-hybridized carbons (Fsp3) is 0.381. The molecule has 0 fully saturated rings. The minimum absolute atomic E-state index is 0. The standard InChI is InChI=1S/C21H26F3N3O2.HI/c1-15(17-7-5-4-6-8-17)12-26-20(25-2)27-13-16-9-10-18(19(11-16)28-3)29-14-21(22,23)24;/h4-11,15H,12-14H2,1-3H3,(H2,25,26,27);1H. The molecular weight excluding hydrogens is 510 g/mol. The number of aliphatic imine (C=N–C) groups is 1. The van der Waals surface area contributed by atoms with Crippen molar-refractivity contribution in [3.63, 3.8) is 0 Å². The van der Waals surface area contributed by atoms with Crippen molar-refractivity contribution < 1.29 is 22.6 Å². The molecule has 0 saturated heterocycles. The van der Waals surface area contributed by atoms with Crippen molar-refractivity contribution in [3.8, 4) is 11.5 Å². The highest BCUT2D eigenvalue weighted by Crippen LogP contribution is 2.29. The fourth-order valence-corrected chi connectivity index (χ4v) is 2.66. The summed E-state index contributed by atoms with van der Waals surface area (Å²) in [4.78, 5) is 4.20. The molecule has 0 aliphatic heterocycles. The summed E-state index contributed by atoms with van der Waals surface area (Å²) in [6.07, 6.45) is -4.40. The Labute approximate surface area is 192 Å². The van der Waals surface area contributed by atoms with E-state index in [0.717, 1.165) is 5.56 Å². The van der Waals surface area contributed by atoms with Crippen molar-refractivity contribution in [1.82, 2.24) is 10.6 Å². The van der Waals surface area contributed by atoms with Gasteiger partial charge in [-0.25, -0.2) is 0 Å². The molecule has 166 valence electrons. The van der Waals surface area contributed by atoms with Gasteiger partial charge in [0.05, 0.1) is 7.11 Å². The first-order valence-corrected chi connectivity index (χ1v) is 9.18. The van der Waals surface area contributed by atoms with Crippen molar-refractivity contribution in [1.29, 1.82) is 0 Å². The second-order valence-electron chi connectivity index (χ2n) is 6.51. The van der Waals surface area contributed by atoms with Gasteiger partial charge in [0.15, 0.2) is 24.1 Å². The highest BCUT2D eigenvalue weighted by Gasteiger charge is 2.29. The molecule has 0 aromatic heterocycles. The van der Waals surface area contributed by atoms with Crippen molar-refractivity contribution in [2.24, 2.45) is 4.99 Å². The molecule has 0 aliphatic rings. The van der Waals surface area contributed by atoms with Gasteiger partial charge in [-0.3, -0.25) is 4.99 Å². The number of methoxy groups -OCH3 is 1. The quantitative estimate of drug-likeness (QED) is 0.291. The summed E-state index contributed by atoms with van der Waals surface area (Å²) in [5, 5.41) is 6.45. The van der Waals surface area contributed by atoms with Crippen molar-refractivity contribution >= 4 is 29.9 Å². The third-order valence-corrected chi connectivity index (χ3v) is 4.25. The van der Waals surface area contributed by atoms with Gasteiger partial charge in [0, 0.05) is 20.1 Å². The number of halogens is 4. The van der Waals surface area contributed by atoms with Gasteiger partial charge in [-0.1, -0.05) is 43.3 Å². The van der Waals surface area contributed by atoms with E-state index >= 15 is 0 Å². The average Bonchev–Trinajstić information content (AvgIpc) is 2.72. The van der Waals surface area contributed by atoms with E-state index < -0.39 is 12.8 Å². The SMILES string of the molecule is CN=C(NCc1ccc(OCC(F)(F)F)c(OC)c1)NCC(C)c1ccccc1.I. The second kappa shape index (κ2) is 12.5. The summed E-state index contributed by atoms with van der Waals surface area (Å²) in [6, 6.07) is 14.9. The number of rotatable bonds is 8. The topological polar surface area (TPSA) is 54.9 Å². The average molecular weight is 537 g/mol. The van der Waals surface area contributed by atoms with E-state index in [0.29, 0.717) is 25.0 Å². The maximum Gasteiger partial charge on any atom is 0.422 e. The number of benzene rings is 2. The number of ether oxygens (including phenoxy) is 2. The predicted molar refractivity (Wildman–Crippen MR) is 123 cm³/mol. The number of hydrogen-bond acceptors (Lipinski definition) is 3. The zero-order chi connectivity index (χ0) is 21.3. The Bertz CT molecular complexity index is 802. The summed E-state index contributed by atoms with van der Waals surface area (Å²) in [5.74, 6) is 1.23. The molecule has 0 spiro atoms. The monoisotopic (exact) mass is 537 g/mol. The van der Waals surface area contributed by atoms with Crippen LogP contribution < -0.4 is 20.1 Å². The molecule has 5 nitrogen and oxygen atoms in total. The van der Waals surface area contributed by atoms with Crippen LogP contribution in [0, 0.1) is 0 Å².